The van der Waals surface area contributed by atoms with E-state index in [9.17, 15) is 0 Å². The summed E-state index contributed by atoms with van der Waals surface area (Å²) in [5.41, 5.74) is 4.23. The van der Waals surface area contributed by atoms with Crippen molar-refractivity contribution in [2.24, 2.45) is 4.99 Å². The number of aromatic nitrogens is 2. The van der Waals surface area contributed by atoms with E-state index < -0.39 is 0 Å². The maximum absolute atomic E-state index is 5.94. The molecule has 0 bridgehead atoms. The number of nitrogens with zero attached hydrogens (tertiary/aromatic N) is 3. The minimum atomic E-state index is 0.694. The SMILES string of the molecule is Clc1ccc(/C=N/c2nc3ccccc3n2Cc2ccccc2)cc1. The Balaban J connectivity index is 1.74. The fraction of sp³-hybridized carbons (Fsp3) is 0.0476. The number of halogens is 1. The normalized spacial score (nSPS) is 11.4. The van der Waals surface area contributed by atoms with Gasteiger partial charge in [-0.15, -0.1) is 0 Å². The van der Waals surface area contributed by atoms with Gasteiger partial charge in [-0.25, -0.2) is 9.98 Å². The van der Waals surface area contributed by atoms with E-state index in [1.165, 1.54) is 5.56 Å². The average molecular weight is 346 g/mol. The van der Waals surface area contributed by atoms with Crippen LogP contribution < -0.4 is 0 Å². The van der Waals surface area contributed by atoms with Crippen LogP contribution in [0.3, 0.4) is 0 Å². The summed E-state index contributed by atoms with van der Waals surface area (Å²) in [6.45, 7) is 0.731. The molecule has 4 rings (SSSR count). The van der Waals surface area contributed by atoms with Crippen molar-refractivity contribution in [1.29, 1.82) is 0 Å². The molecular weight excluding hydrogens is 330 g/mol. The molecule has 25 heavy (non-hydrogen) atoms. The molecule has 3 aromatic carbocycles. The first-order valence-corrected chi connectivity index (χ1v) is 8.46. The predicted octanol–water partition coefficient (Wildman–Crippen LogP) is 5.49. The van der Waals surface area contributed by atoms with E-state index in [2.05, 4.69) is 32.7 Å². The van der Waals surface area contributed by atoms with Crippen molar-refractivity contribution in [2.45, 2.75) is 6.54 Å². The molecule has 0 atom stereocenters. The molecule has 0 fully saturated rings. The summed E-state index contributed by atoms with van der Waals surface area (Å²) in [6.07, 6.45) is 1.82. The van der Waals surface area contributed by atoms with Gasteiger partial charge >= 0.3 is 0 Å². The number of imidazole rings is 1. The third-order valence-electron chi connectivity index (χ3n) is 4.02. The van der Waals surface area contributed by atoms with Crippen LogP contribution >= 0.6 is 11.6 Å². The van der Waals surface area contributed by atoms with Gasteiger partial charge in [0, 0.05) is 11.2 Å². The van der Waals surface area contributed by atoms with E-state index in [1.807, 2.05) is 66.9 Å². The monoisotopic (exact) mass is 345 g/mol. The lowest BCUT2D eigenvalue weighted by Gasteiger charge is -2.06. The smallest absolute Gasteiger partial charge is 0.230 e. The van der Waals surface area contributed by atoms with E-state index in [0.717, 1.165) is 23.1 Å². The molecule has 3 nitrogen and oxygen atoms in total. The predicted molar refractivity (Wildman–Crippen MR) is 104 cm³/mol. The Morgan fingerprint density at radius 1 is 0.880 bits per heavy atom. The lowest BCUT2D eigenvalue weighted by atomic mass is 10.2. The standard InChI is InChI=1S/C21H16ClN3/c22-18-12-10-16(11-13-18)14-23-21-24-19-8-4-5-9-20(19)25(21)15-17-6-2-1-3-7-17/h1-14H,15H2/b23-14+. The largest absolute Gasteiger partial charge is 0.304 e. The van der Waals surface area contributed by atoms with Crippen LogP contribution in [0.2, 0.25) is 5.02 Å². The zero-order valence-electron chi connectivity index (χ0n) is 13.5. The van der Waals surface area contributed by atoms with Crippen LogP contribution in [-0.4, -0.2) is 15.8 Å². The van der Waals surface area contributed by atoms with Crippen molar-refractivity contribution in [3.63, 3.8) is 0 Å². The summed E-state index contributed by atoms with van der Waals surface area (Å²) in [6, 6.07) is 26.0. The Morgan fingerprint density at radius 2 is 1.60 bits per heavy atom. The molecule has 4 aromatic rings. The van der Waals surface area contributed by atoms with Gasteiger partial charge in [-0.1, -0.05) is 66.2 Å². The summed E-state index contributed by atoms with van der Waals surface area (Å²) in [5.74, 6) is 0.694. The van der Waals surface area contributed by atoms with E-state index in [4.69, 9.17) is 11.6 Å². The molecule has 0 aliphatic heterocycles. The van der Waals surface area contributed by atoms with Crippen LogP contribution in [0, 0.1) is 0 Å². The third-order valence-corrected chi connectivity index (χ3v) is 4.27. The first kappa shape index (κ1) is 15.6. The zero-order valence-corrected chi connectivity index (χ0v) is 14.3. The van der Waals surface area contributed by atoms with Gasteiger partial charge in [0.25, 0.3) is 0 Å². The van der Waals surface area contributed by atoms with Crippen LogP contribution in [0.15, 0.2) is 83.9 Å². The van der Waals surface area contributed by atoms with Gasteiger partial charge in [-0.2, -0.15) is 0 Å². The number of aliphatic imine (C=N–C) groups is 1. The molecule has 0 radical (unpaired) electrons. The number of benzene rings is 3. The highest BCUT2D eigenvalue weighted by Crippen LogP contribution is 2.23. The van der Waals surface area contributed by atoms with Gasteiger partial charge in [0.2, 0.25) is 5.95 Å². The molecule has 0 unspecified atom stereocenters. The van der Waals surface area contributed by atoms with Gasteiger partial charge in [0.1, 0.15) is 0 Å². The fourth-order valence-electron chi connectivity index (χ4n) is 2.76. The van der Waals surface area contributed by atoms with Gasteiger partial charge in [0.15, 0.2) is 0 Å². The first-order valence-electron chi connectivity index (χ1n) is 8.08. The maximum Gasteiger partial charge on any atom is 0.230 e. The van der Waals surface area contributed by atoms with Crippen molar-refractivity contribution in [2.75, 3.05) is 0 Å². The minimum absolute atomic E-state index is 0.694. The average Bonchev–Trinajstić information content (AvgIpc) is 3.00. The van der Waals surface area contributed by atoms with Crippen molar-refractivity contribution in [1.82, 2.24) is 9.55 Å². The second-order valence-corrected chi connectivity index (χ2v) is 6.22. The molecule has 1 aromatic heterocycles. The lowest BCUT2D eigenvalue weighted by molar-refractivity contribution is 0.827. The van der Waals surface area contributed by atoms with E-state index in [-0.39, 0.29) is 0 Å². The van der Waals surface area contributed by atoms with Crippen LogP contribution in [0.25, 0.3) is 11.0 Å². The summed E-state index contributed by atoms with van der Waals surface area (Å²) in [5, 5.41) is 0.716. The zero-order chi connectivity index (χ0) is 17.1. The number of para-hydroxylation sites is 2. The van der Waals surface area contributed by atoms with Crippen LogP contribution in [0.5, 0.6) is 0 Å². The first-order chi connectivity index (χ1) is 12.3. The molecule has 0 amide bonds. The Labute approximate surface area is 151 Å². The summed E-state index contributed by atoms with van der Waals surface area (Å²) < 4.78 is 2.14. The van der Waals surface area contributed by atoms with E-state index >= 15 is 0 Å². The number of hydrogen-bond acceptors (Lipinski definition) is 2. The highest BCUT2D eigenvalue weighted by Gasteiger charge is 2.09. The molecule has 0 saturated carbocycles. The second kappa shape index (κ2) is 6.91. The number of hydrogen-bond donors (Lipinski definition) is 0. The fourth-order valence-corrected chi connectivity index (χ4v) is 2.89. The van der Waals surface area contributed by atoms with E-state index in [0.29, 0.717) is 11.0 Å². The van der Waals surface area contributed by atoms with Gasteiger partial charge in [-0.05, 0) is 35.4 Å². The third kappa shape index (κ3) is 3.47. The van der Waals surface area contributed by atoms with Crippen molar-refractivity contribution in [3.05, 3.63) is 95.0 Å². The van der Waals surface area contributed by atoms with Gasteiger partial charge < -0.3 is 4.57 Å². The Bertz CT molecular complexity index is 1020. The molecule has 0 saturated heterocycles. The minimum Gasteiger partial charge on any atom is -0.304 e. The Kier molecular flexibility index (Phi) is 4.32. The lowest BCUT2D eigenvalue weighted by Crippen LogP contribution is -1.99. The van der Waals surface area contributed by atoms with Gasteiger partial charge in [0.05, 0.1) is 17.6 Å². The second-order valence-electron chi connectivity index (χ2n) is 5.78. The molecule has 4 heteroatoms. The van der Waals surface area contributed by atoms with Crippen molar-refractivity contribution >= 4 is 34.8 Å². The number of fused-ring (bicyclic) bond motifs is 1. The number of rotatable bonds is 4. The van der Waals surface area contributed by atoms with Crippen LogP contribution in [-0.2, 0) is 6.54 Å². The molecule has 0 aliphatic carbocycles. The Morgan fingerprint density at radius 3 is 2.40 bits per heavy atom. The van der Waals surface area contributed by atoms with Crippen molar-refractivity contribution in [3.8, 4) is 0 Å². The molecule has 1 heterocycles. The molecule has 0 N–H and O–H groups in total. The van der Waals surface area contributed by atoms with Crippen LogP contribution in [0.1, 0.15) is 11.1 Å². The molecule has 122 valence electrons. The summed E-state index contributed by atoms with van der Waals surface area (Å²) in [7, 11) is 0. The van der Waals surface area contributed by atoms with Crippen LogP contribution in [0.4, 0.5) is 5.95 Å². The Hall–Kier alpha value is -2.91. The van der Waals surface area contributed by atoms with Crippen molar-refractivity contribution < 1.29 is 0 Å². The van der Waals surface area contributed by atoms with Gasteiger partial charge in [-0.3, -0.25) is 0 Å². The van der Waals surface area contributed by atoms with E-state index in [1.54, 1.807) is 0 Å². The highest BCUT2D eigenvalue weighted by molar-refractivity contribution is 6.30. The topological polar surface area (TPSA) is 30.2 Å². The molecule has 0 spiro atoms. The highest BCUT2D eigenvalue weighted by atomic mass is 35.5. The molecular formula is C21H16ClN3. The summed E-state index contributed by atoms with van der Waals surface area (Å²) >= 11 is 5.94. The maximum atomic E-state index is 5.94. The summed E-state index contributed by atoms with van der Waals surface area (Å²) in [4.78, 5) is 9.30. The quantitative estimate of drug-likeness (QED) is 0.450. The molecule has 0 aliphatic rings.